The first-order chi connectivity index (χ1) is 10.7. The smallest absolute Gasteiger partial charge is 0.222 e. The van der Waals surface area contributed by atoms with Crippen molar-refractivity contribution in [1.29, 1.82) is 0 Å². The third kappa shape index (κ3) is 5.94. The van der Waals surface area contributed by atoms with E-state index in [1.54, 1.807) is 0 Å². The van der Waals surface area contributed by atoms with Crippen LogP contribution in [0.5, 0.6) is 0 Å². The minimum absolute atomic E-state index is 0. The van der Waals surface area contributed by atoms with Gasteiger partial charge in [0, 0.05) is 25.6 Å². The van der Waals surface area contributed by atoms with Crippen molar-refractivity contribution in [2.75, 3.05) is 19.6 Å². The molecule has 0 radical (unpaired) electrons. The Kier molecular flexibility index (Phi) is 7.68. The van der Waals surface area contributed by atoms with Gasteiger partial charge >= 0.3 is 0 Å². The van der Waals surface area contributed by atoms with Gasteiger partial charge in [-0.25, -0.2) is 0 Å². The molecule has 1 atom stereocenters. The molecule has 1 saturated heterocycles. The average Bonchev–Trinajstić information content (AvgIpc) is 3.38. The monoisotopic (exact) mass is 342 g/mol. The van der Waals surface area contributed by atoms with Crippen LogP contribution in [0.15, 0.2) is 0 Å². The first-order valence-corrected chi connectivity index (χ1v) is 9.73. The summed E-state index contributed by atoms with van der Waals surface area (Å²) in [6.07, 6.45) is 12.8. The van der Waals surface area contributed by atoms with E-state index in [1.165, 1.54) is 51.5 Å². The molecular formula is C19H35ClN2O. The summed E-state index contributed by atoms with van der Waals surface area (Å²) in [5.41, 5.74) is 0. The van der Waals surface area contributed by atoms with Crippen LogP contribution >= 0.6 is 12.4 Å². The van der Waals surface area contributed by atoms with Gasteiger partial charge in [-0.1, -0.05) is 39.0 Å². The van der Waals surface area contributed by atoms with Crippen LogP contribution in [0.2, 0.25) is 0 Å². The Bertz CT molecular complexity index is 358. The lowest BCUT2D eigenvalue weighted by atomic mass is 9.79. The number of halogens is 1. The van der Waals surface area contributed by atoms with E-state index >= 15 is 0 Å². The van der Waals surface area contributed by atoms with Crippen molar-refractivity contribution >= 4 is 18.3 Å². The van der Waals surface area contributed by atoms with Crippen LogP contribution in [0.25, 0.3) is 0 Å². The molecule has 134 valence electrons. The SMILES string of the molecule is CC(CC(=O)N1CCC(NCC2CC2)CC1)C1CCCCC1.Cl. The Balaban J connectivity index is 0.00000192. The lowest BCUT2D eigenvalue weighted by Gasteiger charge is -2.34. The van der Waals surface area contributed by atoms with Crippen molar-refractivity contribution in [1.82, 2.24) is 10.2 Å². The highest BCUT2D eigenvalue weighted by molar-refractivity contribution is 5.85. The Labute approximate surface area is 148 Å². The molecule has 1 amide bonds. The van der Waals surface area contributed by atoms with Gasteiger partial charge in [-0.3, -0.25) is 4.79 Å². The summed E-state index contributed by atoms with van der Waals surface area (Å²) in [4.78, 5) is 14.7. The second-order valence-corrected chi connectivity index (χ2v) is 8.09. The number of hydrogen-bond acceptors (Lipinski definition) is 2. The van der Waals surface area contributed by atoms with E-state index in [-0.39, 0.29) is 12.4 Å². The number of carbonyl (C=O) groups is 1. The fourth-order valence-electron chi connectivity index (χ4n) is 4.26. The lowest BCUT2D eigenvalue weighted by Crippen LogP contribution is -2.45. The van der Waals surface area contributed by atoms with Crippen LogP contribution in [0.4, 0.5) is 0 Å². The average molecular weight is 343 g/mol. The largest absolute Gasteiger partial charge is 0.343 e. The molecule has 0 aromatic heterocycles. The van der Waals surface area contributed by atoms with Gasteiger partial charge in [-0.15, -0.1) is 12.4 Å². The van der Waals surface area contributed by atoms with Crippen LogP contribution in [-0.2, 0) is 4.79 Å². The summed E-state index contributed by atoms with van der Waals surface area (Å²) < 4.78 is 0. The number of amides is 1. The van der Waals surface area contributed by atoms with E-state index in [1.807, 2.05) is 0 Å². The molecule has 1 heterocycles. The molecule has 3 fully saturated rings. The molecule has 1 unspecified atom stereocenters. The summed E-state index contributed by atoms with van der Waals surface area (Å²) in [5, 5.41) is 3.70. The van der Waals surface area contributed by atoms with Gasteiger partial charge in [0.2, 0.25) is 5.91 Å². The molecule has 1 aliphatic heterocycles. The Morgan fingerprint density at radius 3 is 2.30 bits per heavy atom. The number of piperidine rings is 1. The maximum absolute atomic E-state index is 12.5. The van der Waals surface area contributed by atoms with Crippen LogP contribution < -0.4 is 5.32 Å². The molecule has 2 saturated carbocycles. The molecule has 0 bridgehead atoms. The molecule has 0 aromatic carbocycles. The number of nitrogens with zero attached hydrogens (tertiary/aromatic N) is 1. The minimum Gasteiger partial charge on any atom is -0.343 e. The minimum atomic E-state index is 0. The molecule has 3 aliphatic rings. The molecule has 1 N–H and O–H groups in total. The Morgan fingerprint density at radius 1 is 1.04 bits per heavy atom. The predicted molar refractivity (Wildman–Crippen MR) is 97.9 cm³/mol. The molecule has 4 heteroatoms. The zero-order valence-electron chi connectivity index (χ0n) is 14.8. The highest BCUT2D eigenvalue weighted by atomic mass is 35.5. The van der Waals surface area contributed by atoms with Crippen molar-refractivity contribution in [2.24, 2.45) is 17.8 Å². The van der Waals surface area contributed by atoms with Crippen LogP contribution in [0, 0.1) is 17.8 Å². The van der Waals surface area contributed by atoms with Crippen LogP contribution in [0.1, 0.15) is 71.1 Å². The Morgan fingerprint density at radius 2 is 1.70 bits per heavy atom. The van der Waals surface area contributed by atoms with Gasteiger partial charge in [0.25, 0.3) is 0 Å². The number of hydrogen-bond donors (Lipinski definition) is 1. The zero-order valence-corrected chi connectivity index (χ0v) is 15.6. The topological polar surface area (TPSA) is 32.3 Å². The molecule has 0 spiro atoms. The lowest BCUT2D eigenvalue weighted by molar-refractivity contribution is -0.133. The standard InChI is InChI=1S/C19H34N2O.ClH/c1-15(17-5-3-2-4-6-17)13-19(22)21-11-9-18(10-12-21)20-14-16-7-8-16;/h15-18,20H,2-14H2,1H3;1H. The number of carbonyl (C=O) groups excluding carboxylic acids is 1. The van der Waals surface area contributed by atoms with Crippen molar-refractivity contribution in [3.63, 3.8) is 0 Å². The van der Waals surface area contributed by atoms with Crippen molar-refractivity contribution in [2.45, 2.75) is 77.2 Å². The van der Waals surface area contributed by atoms with E-state index in [9.17, 15) is 4.79 Å². The van der Waals surface area contributed by atoms with E-state index in [0.29, 0.717) is 17.9 Å². The summed E-state index contributed by atoms with van der Waals surface area (Å²) in [7, 11) is 0. The highest BCUT2D eigenvalue weighted by Crippen LogP contribution is 2.32. The van der Waals surface area contributed by atoms with Gasteiger partial charge < -0.3 is 10.2 Å². The zero-order chi connectivity index (χ0) is 15.4. The number of likely N-dealkylation sites (tertiary alicyclic amines) is 1. The van der Waals surface area contributed by atoms with Crippen molar-refractivity contribution in [3.05, 3.63) is 0 Å². The third-order valence-electron chi connectivity index (χ3n) is 6.19. The van der Waals surface area contributed by atoms with Gasteiger partial charge in [0.15, 0.2) is 0 Å². The van der Waals surface area contributed by atoms with Crippen molar-refractivity contribution in [3.8, 4) is 0 Å². The summed E-state index contributed by atoms with van der Waals surface area (Å²) in [5.74, 6) is 2.75. The number of rotatable bonds is 6. The van der Waals surface area contributed by atoms with Gasteiger partial charge in [0.1, 0.15) is 0 Å². The van der Waals surface area contributed by atoms with Crippen molar-refractivity contribution < 1.29 is 4.79 Å². The maximum Gasteiger partial charge on any atom is 0.222 e. The molecule has 2 aliphatic carbocycles. The molecule has 23 heavy (non-hydrogen) atoms. The predicted octanol–water partition coefficient (Wildman–Crippen LogP) is 4.01. The van der Waals surface area contributed by atoms with Gasteiger partial charge in [0.05, 0.1) is 0 Å². The fourth-order valence-corrected chi connectivity index (χ4v) is 4.26. The quantitative estimate of drug-likeness (QED) is 0.791. The molecule has 3 nitrogen and oxygen atoms in total. The number of nitrogens with one attached hydrogen (secondary N) is 1. The third-order valence-corrected chi connectivity index (χ3v) is 6.19. The van der Waals surface area contributed by atoms with E-state index in [0.717, 1.165) is 44.2 Å². The van der Waals surface area contributed by atoms with Crippen LogP contribution in [-0.4, -0.2) is 36.5 Å². The molecule has 0 aromatic rings. The van der Waals surface area contributed by atoms with Gasteiger partial charge in [-0.2, -0.15) is 0 Å². The Hall–Kier alpha value is -0.280. The van der Waals surface area contributed by atoms with E-state index < -0.39 is 0 Å². The summed E-state index contributed by atoms with van der Waals surface area (Å²) in [6, 6.07) is 0.653. The second-order valence-electron chi connectivity index (χ2n) is 8.09. The first kappa shape index (κ1) is 19.1. The molecule has 3 rings (SSSR count). The second kappa shape index (κ2) is 9.27. The maximum atomic E-state index is 12.5. The van der Waals surface area contributed by atoms with Crippen LogP contribution in [0.3, 0.4) is 0 Å². The molecular weight excluding hydrogens is 308 g/mol. The van der Waals surface area contributed by atoms with E-state index in [2.05, 4.69) is 17.1 Å². The van der Waals surface area contributed by atoms with Gasteiger partial charge in [-0.05, 0) is 50.0 Å². The fraction of sp³-hybridized carbons (Fsp3) is 0.947. The first-order valence-electron chi connectivity index (χ1n) is 9.73. The normalized spacial score (nSPS) is 25.0. The summed E-state index contributed by atoms with van der Waals surface area (Å²) >= 11 is 0. The highest BCUT2D eigenvalue weighted by Gasteiger charge is 2.28. The van der Waals surface area contributed by atoms with E-state index in [4.69, 9.17) is 0 Å². The summed E-state index contributed by atoms with van der Waals surface area (Å²) in [6.45, 7) is 5.45.